The summed E-state index contributed by atoms with van der Waals surface area (Å²) in [5.41, 5.74) is 10.6. The Bertz CT molecular complexity index is 3560. The number of alkyl carbamates (subject to hydrolysis) is 2. The number of ether oxygens (including phenoxy) is 4. The lowest BCUT2D eigenvalue weighted by Gasteiger charge is -2.33. The molecular weight excluding hydrogens is 1360 g/mol. The maximum absolute atomic E-state index is 15.6. The Hall–Kier alpha value is -8.70. The van der Waals surface area contributed by atoms with E-state index < -0.39 is 160 Å². The smallest absolute Gasteiger partial charge is 0.408 e. The molecule has 10 atom stereocenters. The molecule has 0 bridgehead atoms. The van der Waals surface area contributed by atoms with E-state index in [1.807, 2.05) is 39.0 Å². The Kier molecular flexibility index (Phi) is 32.4. The fourth-order valence-electron chi connectivity index (χ4n) is 11.1. The minimum Gasteiger partial charge on any atom is -0.488 e. The number of aromatic nitrogens is 1. The highest BCUT2D eigenvalue weighted by Gasteiger charge is 2.39. The quantitative estimate of drug-likeness (QED) is 0.0216. The summed E-state index contributed by atoms with van der Waals surface area (Å²) in [6.07, 6.45) is -2.25. The summed E-state index contributed by atoms with van der Waals surface area (Å²) in [6, 6.07) is 12.5. The number of rotatable bonds is 27. The van der Waals surface area contributed by atoms with Gasteiger partial charge in [-0.15, -0.1) is 0 Å². The Morgan fingerprint density at radius 2 is 1.25 bits per heavy atom. The van der Waals surface area contributed by atoms with Gasteiger partial charge >= 0.3 is 12.2 Å². The van der Waals surface area contributed by atoms with Crippen LogP contribution in [-0.4, -0.2) is 165 Å². The second kappa shape index (κ2) is 39.3. The number of nitrogens with two attached hydrogens (primary N) is 2. The Labute approximate surface area is 611 Å². The van der Waals surface area contributed by atoms with Gasteiger partial charge in [0.15, 0.2) is 5.78 Å². The summed E-state index contributed by atoms with van der Waals surface area (Å²) in [6.45, 7) is 24.2. The summed E-state index contributed by atoms with van der Waals surface area (Å²) >= 11 is 0. The van der Waals surface area contributed by atoms with Crippen LogP contribution in [0.3, 0.4) is 0 Å². The third-order valence-corrected chi connectivity index (χ3v) is 18.5. The van der Waals surface area contributed by atoms with Gasteiger partial charge in [-0.25, -0.2) is 9.59 Å². The Balaban J connectivity index is 1.71. The SMILES string of the molecule is CC[C@H](CC(=O)CC[C@H](NC(=O)[C@@H]1CSSC[C@H](NC(=O)[C@@H](Cc2ccccc2)NC(=O)OC(C)(C)C)C(=O)C[C@@H](Cc2ccc(OC(C)(C)C)cc2)C(=O)N[C@H](Cc2c[nH]c3ccccc23)C(=O)N[C@@H](CCCCNC(=O)OC(C)(C)C)C(=O)N[C@@H]([C@@H](C)OC(C)(C)C)C(=O)N1)C(N)=O)C(N)=O. The molecule has 27 nitrogen and oxygen atoms in total. The predicted molar refractivity (Wildman–Crippen MR) is 395 cm³/mol. The lowest BCUT2D eigenvalue weighted by molar-refractivity contribution is -0.140. The van der Waals surface area contributed by atoms with E-state index in [1.54, 1.807) is 136 Å². The van der Waals surface area contributed by atoms with Crippen LogP contribution in [0, 0.1) is 11.8 Å². The Morgan fingerprint density at radius 1 is 0.631 bits per heavy atom. The summed E-state index contributed by atoms with van der Waals surface area (Å²) in [5.74, 6) is -10.3. The van der Waals surface area contributed by atoms with E-state index in [2.05, 4.69) is 47.5 Å². The van der Waals surface area contributed by atoms with Gasteiger partial charge in [-0.05, 0) is 163 Å². The number of fused-ring (bicyclic) bond motifs is 1. The molecule has 0 unspecified atom stereocenters. The molecule has 0 radical (unpaired) electrons. The van der Waals surface area contributed by atoms with Crippen molar-refractivity contribution in [3.8, 4) is 5.75 Å². The van der Waals surface area contributed by atoms with Gasteiger partial charge in [0.2, 0.25) is 47.3 Å². The number of nitrogens with one attached hydrogen (secondary N) is 9. The molecule has 13 N–H and O–H groups in total. The maximum Gasteiger partial charge on any atom is 0.408 e. The molecule has 5 rings (SSSR count). The lowest BCUT2D eigenvalue weighted by Crippen LogP contribution is -2.62. The zero-order valence-electron chi connectivity index (χ0n) is 61.8. The first-order chi connectivity index (χ1) is 48.2. The summed E-state index contributed by atoms with van der Waals surface area (Å²) < 4.78 is 23.4. The van der Waals surface area contributed by atoms with E-state index in [0.29, 0.717) is 33.3 Å². The highest BCUT2D eigenvalue weighted by Crippen LogP contribution is 2.28. The van der Waals surface area contributed by atoms with E-state index >= 15 is 24.0 Å². The van der Waals surface area contributed by atoms with Crippen LogP contribution < -0.4 is 58.7 Å². The molecule has 103 heavy (non-hydrogen) atoms. The van der Waals surface area contributed by atoms with E-state index in [-0.39, 0.29) is 82.3 Å². The van der Waals surface area contributed by atoms with Crippen LogP contribution in [0.25, 0.3) is 10.9 Å². The van der Waals surface area contributed by atoms with Gasteiger partial charge in [-0.1, -0.05) is 89.2 Å². The van der Waals surface area contributed by atoms with Crippen LogP contribution in [0.2, 0.25) is 0 Å². The first kappa shape index (κ1) is 85.0. The third kappa shape index (κ3) is 30.6. The summed E-state index contributed by atoms with van der Waals surface area (Å²) in [4.78, 5) is 175. The first-order valence-electron chi connectivity index (χ1n) is 34.9. The lowest BCUT2D eigenvalue weighted by atomic mass is 9.90. The molecule has 0 saturated carbocycles. The second-order valence-corrected chi connectivity index (χ2v) is 32.3. The van der Waals surface area contributed by atoms with Crippen molar-refractivity contribution in [1.82, 2.24) is 47.5 Å². The van der Waals surface area contributed by atoms with Gasteiger partial charge in [0.05, 0.1) is 17.7 Å². The standard InChI is InChI=1S/C74H107N11O16S2/c1-15-46(61(75)88)37-49(86)30-33-53(62(76)89)79-67(94)58-42-103-102-41-57(82-65(92)55(36-44-23-17-16-18-24-44)84-70(97)101-74(12,13)14)59(87)39-47(35-45-28-31-50(32-29-45)99-72(6,7)8)63(90)81-56(38-48-40-78-52-26-20-19-25-51(48)52)66(93)80-54(27-21-22-34-77-69(96)100-73(9,10)11)64(91)85-60(68(95)83-58)43(2)98-71(3,4)5/h16-20,23-26,28-29,31-32,40,43,46-47,53-58,60,78H,15,21-22,27,30,33-39,41-42H2,1-14H3,(H2,75,88)(H2,76,89)(H,77,96)(H,79,94)(H,80,93)(H,81,90)(H,82,92)(H,83,95)(H,84,97)(H,85,91)/t43-,46-,47-,53+,54+,55-,56-,57+,58+,60+/m1/s1. The highest BCUT2D eigenvalue weighted by molar-refractivity contribution is 8.76. The molecule has 4 aromatic rings. The van der Waals surface area contributed by atoms with Crippen molar-refractivity contribution in [2.24, 2.45) is 23.3 Å². The van der Waals surface area contributed by atoms with Gasteiger partial charge < -0.3 is 77.9 Å². The molecule has 1 fully saturated rings. The molecular formula is C74H107N11O16S2. The van der Waals surface area contributed by atoms with Gasteiger partial charge in [0, 0.05) is 79.1 Å². The van der Waals surface area contributed by atoms with Gasteiger partial charge in [-0.2, -0.15) is 0 Å². The zero-order chi connectivity index (χ0) is 76.6. The molecule has 0 aliphatic carbocycles. The molecule has 566 valence electrons. The minimum absolute atomic E-state index is 0.0643. The second-order valence-electron chi connectivity index (χ2n) is 29.8. The third-order valence-electron chi connectivity index (χ3n) is 16.1. The number of hydrogen-bond donors (Lipinski definition) is 11. The number of amides is 10. The molecule has 1 saturated heterocycles. The van der Waals surface area contributed by atoms with Gasteiger partial charge in [0.25, 0.3) is 0 Å². The number of H-pyrrole nitrogens is 1. The van der Waals surface area contributed by atoms with Crippen molar-refractivity contribution in [2.75, 3.05) is 18.1 Å². The van der Waals surface area contributed by atoms with Crippen LogP contribution in [0.15, 0.2) is 85.1 Å². The fourth-order valence-corrected chi connectivity index (χ4v) is 13.5. The minimum atomic E-state index is -1.65. The topological polar surface area (TPSA) is 406 Å². The van der Waals surface area contributed by atoms with Crippen molar-refractivity contribution in [2.45, 2.75) is 238 Å². The van der Waals surface area contributed by atoms with E-state index in [1.165, 1.54) is 6.92 Å². The Morgan fingerprint density at radius 3 is 1.87 bits per heavy atom. The number of benzene rings is 3. The van der Waals surface area contributed by atoms with Crippen LogP contribution in [0.1, 0.15) is 165 Å². The average Bonchev–Trinajstić information content (AvgIpc) is 1.74. The van der Waals surface area contributed by atoms with Crippen LogP contribution >= 0.6 is 21.6 Å². The number of primary amides is 2. The number of ketones is 2. The van der Waals surface area contributed by atoms with E-state index in [9.17, 15) is 33.6 Å². The number of aromatic amines is 1. The molecule has 1 aliphatic heterocycles. The van der Waals surface area contributed by atoms with Crippen molar-refractivity contribution in [3.05, 3.63) is 102 Å². The fraction of sp³-hybridized carbons (Fsp3) is 0.568. The molecule has 2 heterocycles. The van der Waals surface area contributed by atoms with Crippen molar-refractivity contribution < 1.29 is 76.5 Å². The van der Waals surface area contributed by atoms with E-state index in [0.717, 1.165) is 21.6 Å². The maximum atomic E-state index is 15.6. The number of carbonyl (C=O) groups is 12. The largest absolute Gasteiger partial charge is 0.488 e. The number of carbonyl (C=O) groups excluding carboxylic acids is 12. The monoisotopic (exact) mass is 1470 g/mol. The number of hydrogen-bond acceptors (Lipinski definition) is 18. The molecule has 29 heteroatoms. The number of para-hydroxylation sites is 1. The molecule has 10 amide bonds. The van der Waals surface area contributed by atoms with Crippen LogP contribution in [0.5, 0.6) is 5.75 Å². The molecule has 1 aliphatic rings. The van der Waals surface area contributed by atoms with Crippen molar-refractivity contribution in [1.29, 1.82) is 0 Å². The normalized spacial score (nSPS) is 19.8. The van der Waals surface area contributed by atoms with Crippen molar-refractivity contribution >= 4 is 104 Å². The van der Waals surface area contributed by atoms with Gasteiger partial charge in [0.1, 0.15) is 64.6 Å². The number of Topliss-reactive ketones (excluding diaryl/α,β-unsaturated/α-hetero) is 2. The molecule has 3 aromatic carbocycles. The number of unbranched alkanes of at least 4 members (excludes halogenated alkanes) is 1. The average molecular weight is 1470 g/mol. The van der Waals surface area contributed by atoms with Crippen molar-refractivity contribution in [3.63, 3.8) is 0 Å². The summed E-state index contributed by atoms with van der Waals surface area (Å²) in [5, 5.41) is 22.8. The van der Waals surface area contributed by atoms with Crippen LogP contribution in [0.4, 0.5) is 9.59 Å². The first-order valence-corrected chi connectivity index (χ1v) is 37.4. The van der Waals surface area contributed by atoms with Gasteiger partial charge in [-0.3, -0.25) is 47.9 Å². The molecule has 0 spiro atoms. The highest BCUT2D eigenvalue weighted by atomic mass is 33.1. The molecule has 1 aromatic heterocycles. The predicted octanol–water partition coefficient (Wildman–Crippen LogP) is 6.78. The zero-order valence-corrected chi connectivity index (χ0v) is 63.4. The summed E-state index contributed by atoms with van der Waals surface area (Å²) in [7, 11) is 1.94. The van der Waals surface area contributed by atoms with E-state index in [4.69, 9.17) is 30.4 Å². The van der Waals surface area contributed by atoms with Crippen LogP contribution in [-0.2, 0) is 81.4 Å².